The van der Waals surface area contributed by atoms with E-state index in [2.05, 4.69) is 12.2 Å². The Kier molecular flexibility index (Phi) is 7.51. The van der Waals surface area contributed by atoms with Crippen LogP contribution in [0.1, 0.15) is 50.7 Å². The Morgan fingerprint density at radius 2 is 1.87 bits per heavy atom. The number of nitrogens with one attached hydrogen (secondary N) is 1. The summed E-state index contributed by atoms with van der Waals surface area (Å²) in [6.45, 7) is 4.50. The van der Waals surface area contributed by atoms with Crippen molar-refractivity contribution in [3.63, 3.8) is 0 Å². The molecule has 2 aromatic carbocycles. The smallest absolute Gasteiger partial charge is 0.266 e. The molecule has 1 N–H and O–H groups in total. The molecule has 156 valence electrons. The number of carbonyl (C=O) groups excluding carboxylic acids is 1. The fourth-order valence-electron chi connectivity index (χ4n) is 3.50. The standard InChI is InChI=1S/C25H28N2O3/c1-3-18-9-12-21(13-10-18)27-25(28)20(17-26)15-19-11-14-23(24(16-19)29-4-2)30-22-7-5-6-8-22/h9-16,22H,3-8H2,1-2H3,(H,27,28)/b20-15+. The number of nitrogens with zero attached hydrogens (tertiary/aromatic N) is 1. The summed E-state index contributed by atoms with van der Waals surface area (Å²) < 4.78 is 11.8. The van der Waals surface area contributed by atoms with Crippen molar-refractivity contribution >= 4 is 17.7 Å². The van der Waals surface area contributed by atoms with E-state index in [0.29, 0.717) is 29.4 Å². The van der Waals surface area contributed by atoms with Crippen molar-refractivity contribution in [3.8, 4) is 17.6 Å². The summed E-state index contributed by atoms with van der Waals surface area (Å²) in [5.74, 6) is 0.900. The Bertz CT molecular complexity index is 936. The Labute approximate surface area is 178 Å². The fourth-order valence-corrected chi connectivity index (χ4v) is 3.50. The van der Waals surface area contributed by atoms with Crippen LogP contribution < -0.4 is 14.8 Å². The van der Waals surface area contributed by atoms with Crippen LogP contribution in [0.5, 0.6) is 11.5 Å². The highest BCUT2D eigenvalue weighted by atomic mass is 16.5. The van der Waals surface area contributed by atoms with Gasteiger partial charge in [-0.2, -0.15) is 5.26 Å². The van der Waals surface area contributed by atoms with E-state index in [1.807, 2.05) is 55.5 Å². The lowest BCUT2D eigenvalue weighted by Crippen LogP contribution is -2.13. The maximum absolute atomic E-state index is 12.6. The van der Waals surface area contributed by atoms with Gasteiger partial charge in [0.2, 0.25) is 0 Å². The van der Waals surface area contributed by atoms with Gasteiger partial charge >= 0.3 is 0 Å². The molecule has 30 heavy (non-hydrogen) atoms. The zero-order valence-corrected chi connectivity index (χ0v) is 17.6. The Balaban J connectivity index is 1.76. The van der Waals surface area contributed by atoms with Gasteiger partial charge in [-0.05, 0) is 80.5 Å². The van der Waals surface area contributed by atoms with E-state index >= 15 is 0 Å². The third-order valence-corrected chi connectivity index (χ3v) is 5.16. The van der Waals surface area contributed by atoms with Gasteiger partial charge in [-0.1, -0.05) is 25.1 Å². The van der Waals surface area contributed by atoms with E-state index in [9.17, 15) is 10.1 Å². The average molecular weight is 405 g/mol. The Morgan fingerprint density at radius 3 is 2.50 bits per heavy atom. The van der Waals surface area contributed by atoms with Crippen LogP contribution in [0.4, 0.5) is 5.69 Å². The van der Waals surface area contributed by atoms with Crippen molar-refractivity contribution < 1.29 is 14.3 Å². The molecule has 0 bridgehead atoms. The zero-order valence-electron chi connectivity index (χ0n) is 17.6. The second-order valence-electron chi connectivity index (χ2n) is 7.34. The van der Waals surface area contributed by atoms with Crippen molar-refractivity contribution in [3.05, 3.63) is 59.2 Å². The largest absolute Gasteiger partial charge is 0.490 e. The molecular formula is C25H28N2O3. The lowest BCUT2D eigenvalue weighted by atomic mass is 10.1. The molecule has 0 saturated heterocycles. The third kappa shape index (κ3) is 5.64. The normalized spacial score (nSPS) is 14.2. The maximum Gasteiger partial charge on any atom is 0.266 e. The zero-order chi connectivity index (χ0) is 21.3. The van der Waals surface area contributed by atoms with Gasteiger partial charge in [0.05, 0.1) is 12.7 Å². The molecule has 1 amide bonds. The predicted octanol–water partition coefficient (Wildman–Crippen LogP) is 5.51. The highest BCUT2D eigenvalue weighted by Gasteiger charge is 2.19. The molecule has 3 rings (SSSR count). The van der Waals surface area contributed by atoms with E-state index in [1.54, 1.807) is 6.08 Å². The molecule has 1 fully saturated rings. The lowest BCUT2D eigenvalue weighted by molar-refractivity contribution is -0.112. The molecular weight excluding hydrogens is 376 g/mol. The first-order valence-corrected chi connectivity index (χ1v) is 10.6. The van der Waals surface area contributed by atoms with Gasteiger partial charge in [-0.3, -0.25) is 4.79 Å². The quantitative estimate of drug-likeness (QED) is 0.465. The highest BCUT2D eigenvalue weighted by Crippen LogP contribution is 2.33. The van der Waals surface area contributed by atoms with Gasteiger partial charge in [-0.25, -0.2) is 0 Å². The van der Waals surface area contributed by atoms with Crippen molar-refractivity contribution in [2.45, 2.75) is 52.1 Å². The Hall–Kier alpha value is -3.26. The topological polar surface area (TPSA) is 71.3 Å². The predicted molar refractivity (Wildman–Crippen MR) is 119 cm³/mol. The van der Waals surface area contributed by atoms with Crippen molar-refractivity contribution in [1.82, 2.24) is 0 Å². The van der Waals surface area contributed by atoms with E-state index in [-0.39, 0.29) is 11.7 Å². The van der Waals surface area contributed by atoms with Gasteiger partial charge in [0.1, 0.15) is 11.6 Å². The first-order valence-electron chi connectivity index (χ1n) is 10.6. The van der Waals surface area contributed by atoms with Crippen molar-refractivity contribution in [2.75, 3.05) is 11.9 Å². The molecule has 0 unspecified atom stereocenters. The maximum atomic E-state index is 12.6. The minimum atomic E-state index is -0.439. The number of benzene rings is 2. The number of aryl methyl sites for hydroxylation is 1. The minimum Gasteiger partial charge on any atom is -0.490 e. The first-order chi connectivity index (χ1) is 14.6. The first kappa shape index (κ1) is 21.4. The van der Waals surface area contributed by atoms with E-state index in [0.717, 1.165) is 19.3 Å². The van der Waals surface area contributed by atoms with Gasteiger partial charge < -0.3 is 14.8 Å². The van der Waals surface area contributed by atoms with E-state index in [4.69, 9.17) is 9.47 Å². The van der Waals surface area contributed by atoms with Crippen molar-refractivity contribution in [1.29, 1.82) is 5.26 Å². The number of nitriles is 1. The number of rotatable bonds is 8. The summed E-state index contributed by atoms with van der Waals surface area (Å²) in [6.07, 6.45) is 7.23. The highest BCUT2D eigenvalue weighted by molar-refractivity contribution is 6.09. The number of hydrogen-bond donors (Lipinski definition) is 1. The van der Waals surface area contributed by atoms with Crippen LogP contribution in [0.3, 0.4) is 0 Å². The van der Waals surface area contributed by atoms with Crippen LogP contribution in [0.25, 0.3) is 6.08 Å². The molecule has 0 spiro atoms. The third-order valence-electron chi connectivity index (χ3n) is 5.16. The molecule has 2 aromatic rings. The molecule has 1 saturated carbocycles. The summed E-state index contributed by atoms with van der Waals surface area (Å²) in [5.41, 5.74) is 2.59. The fraction of sp³-hybridized carbons (Fsp3) is 0.360. The second-order valence-corrected chi connectivity index (χ2v) is 7.34. The second kappa shape index (κ2) is 10.5. The summed E-state index contributed by atoms with van der Waals surface area (Å²) in [6, 6.07) is 15.1. The SMILES string of the molecule is CCOc1cc(/C=C(\C#N)C(=O)Nc2ccc(CC)cc2)ccc1OC1CCCC1. The van der Waals surface area contributed by atoms with E-state index < -0.39 is 5.91 Å². The number of carbonyl (C=O) groups is 1. The number of hydrogen-bond acceptors (Lipinski definition) is 4. The van der Waals surface area contributed by atoms with Gasteiger partial charge in [0.25, 0.3) is 5.91 Å². The van der Waals surface area contributed by atoms with Crippen LogP contribution in [0.2, 0.25) is 0 Å². The summed E-state index contributed by atoms with van der Waals surface area (Å²) in [7, 11) is 0. The van der Waals surface area contributed by atoms with E-state index in [1.165, 1.54) is 18.4 Å². The molecule has 0 heterocycles. The van der Waals surface area contributed by atoms with Gasteiger partial charge in [0, 0.05) is 5.69 Å². The van der Waals surface area contributed by atoms with Gasteiger partial charge in [-0.15, -0.1) is 0 Å². The lowest BCUT2D eigenvalue weighted by Gasteiger charge is -2.17. The molecule has 0 aromatic heterocycles. The van der Waals surface area contributed by atoms with Gasteiger partial charge in [0.15, 0.2) is 11.5 Å². The van der Waals surface area contributed by atoms with Crippen LogP contribution in [0.15, 0.2) is 48.0 Å². The molecule has 0 radical (unpaired) electrons. The molecule has 1 aliphatic carbocycles. The number of anilines is 1. The monoisotopic (exact) mass is 404 g/mol. The molecule has 0 aliphatic heterocycles. The van der Waals surface area contributed by atoms with Crippen LogP contribution >= 0.6 is 0 Å². The molecule has 1 aliphatic rings. The van der Waals surface area contributed by atoms with Crippen molar-refractivity contribution in [2.24, 2.45) is 0 Å². The number of amides is 1. The molecule has 5 nitrogen and oxygen atoms in total. The summed E-state index contributed by atoms with van der Waals surface area (Å²) in [5, 5.41) is 12.3. The molecule has 5 heteroatoms. The summed E-state index contributed by atoms with van der Waals surface area (Å²) in [4.78, 5) is 12.6. The Morgan fingerprint density at radius 1 is 1.13 bits per heavy atom. The average Bonchev–Trinajstić information content (AvgIpc) is 3.27. The van der Waals surface area contributed by atoms with Crippen LogP contribution in [0, 0.1) is 11.3 Å². The number of ether oxygens (including phenoxy) is 2. The van der Waals surface area contributed by atoms with Crippen LogP contribution in [-0.4, -0.2) is 18.6 Å². The van der Waals surface area contributed by atoms with Crippen LogP contribution in [-0.2, 0) is 11.2 Å². The minimum absolute atomic E-state index is 0.0291. The molecule has 0 atom stereocenters. The summed E-state index contributed by atoms with van der Waals surface area (Å²) >= 11 is 0.